The summed E-state index contributed by atoms with van der Waals surface area (Å²) in [6, 6.07) is 20.4. The van der Waals surface area contributed by atoms with Crippen molar-refractivity contribution >= 4 is 23.4 Å². The molecule has 0 radical (unpaired) electrons. The van der Waals surface area contributed by atoms with Gasteiger partial charge in [-0.05, 0) is 36.8 Å². The Bertz CT molecular complexity index is 1020. The van der Waals surface area contributed by atoms with Gasteiger partial charge in [-0.1, -0.05) is 30.3 Å². The van der Waals surface area contributed by atoms with Crippen molar-refractivity contribution in [2.75, 3.05) is 6.54 Å². The fourth-order valence-corrected chi connectivity index (χ4v) is 4.68. The average Bonchev–Trinajstić information content (AvgIpc) is 3.22. The Labute approximate surface area is 173 Å². The first-order chi connectivity index (χ1) is 14.0. The molecule has 4 rings (SSSR count). The van der Waals surface area contributed by atoms with Crippen LogP contribution in [0.2, 0.25) is 0 Å². The van der Waals surface area contributed by atoms with E-state index in [0.717, 1.165) is 22.7 Å². The highest BCUT2D eigenvalue weighted by Crippen LogP contribution is 2.35. The zero-order valence-corrected chi connectivity index (χ0v) is 16.8. The Morgan fingerprint density at radius 1 is 1.07 bits per heavy atom. The monoisotopic (exact) mass is 407 g/mol. The lowest BCUT2D eigenvalue weighted by molar-refractivity contribution is -0.384. The number of fused-ring (bicyclic) bond motifs is 1. The van der Waals surface area contributed by atoms with Gasteiger partial charge < -0.3 is 9.47 Å². The number of hydrogen-bond donors (Lipinski definition) is 0. The molecule has 2 unspecified atom stereocenters. The highest BCUT2D eigenvalue weighted by molar-refractivity contribution is 8.00. The van der Waals surface area contributed by atoms with Crippen molar-refractivity contribution in [3.8, 4) is 0 Å². The minimum absolute atomic E-state index is 0.0502. The van der Waals surface area contributed by atoms with Gasteiger partial charge in [0.2, 0.25) is 5.91 Å². The second kappa shape index (κ2) is 8.13. The molecule has 148 valence electrons. The number of thioether (sulfide) groups is 1. The quantitative estimate of drug-likeness (QED) is 0.355. The van der Waals surface area contributed by atoms with E-state index in [9.17, 15) is 14.9 Å². The molecule has 1 aromatic heterocycles. The summed E-state index contributed by atoms with van der Waals surface area (Å²) in [4.78, 5) is 26.6. The van der Waals surface area contributed by atoms with Crippen molar-refractivity contribution in [2.45, 2.75) is 29.7 Å². The molecule has 6 nitrogen and oxygen atoms in total. The molecule has 0 N–H and O–H groups in total. The van der Waals surface area contributed by atoms with E-state index in [1.165, 1.54) is 23.9 Å². The first kappa shape index (κ1) is 19.3. The van der Waals surface area contributed by atoms with Crippen LogP contribution in [0.4, 0.5) is 5.69 Å². The Kier molecular flexibility index (Phi) is 5.40. The zero-order valence-electron chi connectivity index (χ0n) is 16.0. The molecule has 0 fully saturated rings. The fraction of sp³-hybridized carbons (Fsp3) is 0.227. The minimum Gasteiger partial charge on any atom is -0.348 e. The lowest BCUT2D eigenvalue weighted by Gasteiger charge is -2.38. The molecule has 0 saturated carbocycles. The minimum atomic E-state index is -0.420. The molecule has 0 spiro atoms. The van der Waals surface area contributed by atoms with E-state index in [0.29, 0.717) is 6.54 Å². The molecular weight excluding hydrogens is 386 g/mol. The number of non-ortho nitro benzene ring substituents is 1. The third-order valence-corrected chi connectivity index (χ3v) is 6.24. The average molecular weight is 407 g/mol. The van der Waals surface area contributed by atoms with Crippen molar-refractivity contribution in [2.24, 2.45) is 0 Å². The summed E-state index contributed by atoms with van der Waals surface area (Å²) in [5, 5.41) is 10.5. The number of hydrogen-bond acceptors (Lipinski definition) is 4. The van der Waals surface area contributed by atoms with Crippen molar-refractivity contribution in [1.82, 2.24) is 9.47 Å². The highest BCUT2D eigenvalue weighted by Gasteiger charge is 2.34. The Hall–Kier alpha value is -3.06. The molecule has 7 heteroatoms. The molecule has 0 bridgehead atoms. The smallest absolute Gasteiger partial charge is 0.269 e. The predicted octanol–water partition coefficient (Wildman–Crippen LogP) is 4.51. The van der Waals surface area contributed by atoms with Crippen molar-refractivity contribution in [3.63, 3.8) is 0 Å². The number of aromatic nitrogens is 1. The van der Waals surface area contributed by atoms with Gasteiger partial charge in [-0.15, -0.1) is 11.8 Å². The maximum absolute atomic E-state index is 13.4. The van der Waals surface area contributed by atoms with Gasteiger partial charge in [-0.2, -0.15) is 0 Å². The van der Waals surface area contributed by atoms with Crippen LogP contribution in [0, 0.1) is 10.1 Å². The van der Waals surface area contributed by atoms with Crippen LogP contribution in [0.1, 0.15) is 24.2 Å². The Balaban J connectivity index is 1.57. The van der Waals surface area contributed by atoms with Crippen LogP contribution in [-0.4, -0.2) is 32.1 Å². The number of nitro benzene ring substituents is 1. The summed E-state index contributed by atoms with van der Waals surface area (Å²) < 4.78 is 2.20. The first-order valence-corrected chi connectivity index (χ1v) is 10.3. The van der Waals surface area contributed by atoms with E-state index in [-0.39, 0.29) is 22.9 Å². The van der Waals surface area contributed by atoms with Gasteiger partial charge in [-0.3, -0.25) is 14.9 Å². The summed E-state index contributed by atoms with van der Waals surface area (Å²) in [5.41, 5.74) is 2.26. The zero-order chi connectivity index (χ0) is 20.4. The van der Waals surface area contributed by atoms with Crippen LogP contribution in [0.5, 0.6) is 0 Å². The molecule has 2 heterocycles. The van der Waals surface area contributed by atoms with E-state index >= 15 is 0 Å². The topological polar surface area (TPSA) is 68.4 Å². The first-order valence-electron chi connectivity index (χ1n) is 9.46. The van der Waals surface area contributed by atoms with E-state index in [2.05, 4.69) is 29.0 Å². The molecule has 3 aromatic rings. The SMILES string of the molecule is CC(Sc1ccc([N+](=O)[O-])cc1)C(=O)N1CCn2cccc2C1c1ccccc1. The lowest BCUT2D eigenvalue weighted by Crippen LogP contribution is -2.45. The second-order valence-corrected chi connectivity index (χ2v) is 8.40. The normalized spacial score (nSPS) is 16.9. The van der Waals surface area contributed by atoms with Crippen LogP contribution >= 0.6 is 11.8 Å². The third-order valence-electron chi connectivity index (χ3n) is 5.14. The molecular formula is C22H21N3O3S. The number of benzene rings is 2. The van der Waals surface area contributed by atoms with Crippen LogP contribution in [0.25, 0.3) is 0 Å². The lowest BCUT2D eigenvalue weighted by atomic mass is 9.99. The maximum Gasteiger partial charge on any atom is 0.269 e. The number of amides is 1. The summed E-state index contributed by atoms with van der Waals surface area (Å²) in [6.07, 6.45) is 2.06. The molecule has 1 aliphatic rings. The summed E-state index contributed by atoms with van der Waals surface area (Å²) in [5.74, 6) is 0.0645. The summed E-state index contributed by atoms with van der Waals surface area (Å²) in [6.45, 7) is 3.31. The molecule has 2 atom stereocenters. The fourth-order valence-electron chi connectivity index (χ4n) is 3.74. The van der Waals surface area contributed by atoms with Crippen molar-refractivity contribution in [1.29, 1.82) is 0 Å². The van der Waals surface area contributed by atoms with Gasteiger partial charge in [0.25, 0.3) is 5.69 Å². The number of carbonyl (C=O) groups is 1. The highest BCUT2D eigenvalue weighted by atomic mass is 32.2. The van der Waals surface area contributed by atoms with Gasteiger partial charge in [-0.25, -0.2) is 0 Å². The standard InChI is InChI=1S/C22H21N3O3S/c1-16(29-19-11-9-18(10-12-19)25(27)28)22(26)24-15-14-23-13-5-8-20(23)21(24)17-6-3-2-4-7-17/h2-13,16,21H,14-15H2,1H3. The molecule has 2 aromatic carbocycles. The number of rotatable bonds is 5. The van der Waals surface area contributed by atoms with E-state index in [1.54, 1.807) is 12.1 Å². The van der Waals surface area contributed by atoms with Crippen molar-refractivity contribution in [3.05, 3.63) is 94.3 Å². The molecule has 29 heavy (non-hydrogen) atoms. The van der Waals surface area contributed by atoms with E-state index < -0.39 is 4.92 Å². The van der Waals surface area contributed by atoms with Gasteiger partial charge >= 0.3 is 0 Å². The molecule has 1 aliphatic heterocycles. The molecule has 0 saturated heterocycles. The number of nitrogens with zero attached hydrogens (tertiary/aromatic N) is 3. The molecule has 0 aliphatic carbocycles. The van der Waals surface area contributed by atoms with E-state index in [1.807, 2.05) is 36.1 Å². The van der Waals surface area contributed by atoms with Crippen LogP contribution in [0.3, 0.4) is 0 Å². The van der Waals surface area contributed by atoms with Gasteiger partial charge in [0.15, 0.2) is 0 Å². The number of nitro groups is 1. The van der Waals surface area contributed by atoms with Crippen molar-refractivity contribution < 1.29 is 9.72 Å². The second-order valence-electron chi connectivity index (χ2n) is 6.98. The summed E-state index contributed by atoms with van der Waals surface area (Å²) in [7, 11) is 0. The van der Waals surface area contributed by atoms with Crippen LogP contribution in [-0.2, 0) is 11.3 Å². The predicted molar refractivity (Wildman–Crippen MR) is 113 cm³/mol. The van der Waals surface area contributed by atoms with Gasteiger partial charge in [0.05, 0.1) is 16.2 Å². The van der Waals surface area contributed by atoms with Crippen LogP contribution in [0.15, 0.2) is 77.8 Å². The van der Waals surface area contributed by atoms with E-state index in [4.69, 9.17) is 0 Å². The number of carbonyl (C=O) groups excluding carboxylic acids is 1. The maximum atomic E-state index is 13.4. The summed E-state index contributed by atoms with van der Waals surface area (Å²) >= 11 is 1.43. The van der Waals surface area contributed by atoms with Gasteiger partial charge in [0, 0.05) is 42.0 Å². The Morgan fingerprint density at radius 3 is 2.48 bits per heavy atom. The van der Waals surface area contributed by atoms with Gasteiger partial charge in [0.1, 0.15) is 0 Å². The van der Waals surface area contributed by atoms with Crippen LogP contribution < -0.4 is 0 Å². The Morgan fingerprint density at radius 2 is 1.79 bits per heavy atom. The largest absolute Gasteiger partial charge is 0.348 e. The molecule has 1 amide bonds. The third kappa shape index (κ3) is 3.91.